The van der Waals surface area contributed by atoms with E-state index < -0.39 is 11.3 Å². The van der Waals surface area contributed by atoms with Crippen LogP contribution in [0, 0.1) is 0 Å². The zero-order valence-electron chi connectivity index (χ0n) is 9.63. The second-order valence-corrected chi connectivity index (χ2v) is 4.21. The molecule has 5 heteroatoms. The molecule has 0 bridgehead atoms. The lowest BCUT2D eigenvalue weighted by Crippen LogP contribution is -2.25. The zero-order chi connectivity index (χ0) is 12.0. The maximum absolute atomic E-state index is 10.9. The highest BCUT2D eigenvalue weighted by Crippen LogP contribution is 2.31. The smallest absolute Gasteiger partial charge is 0.0480 e. The van der Waals surface area contributed by atoms with Crippen LogP contribution in [0.3, 0.4) is 0 Å². The van der Waals surface area contributed by atoms with E-state index in [0.29, 0.717) is 6.54 Å². The van der Waals surface area contributed by atoms with Crippen molar-refractivity contribution in [1.82, 2.24) is 9.29 Å². The van der Waals surface area contributed by atoms with Crippen LogP contribution < -0.4 is 0 Å². The average Bonchev–Trinajstić information content (AvgIpc) is 2.82. The van der Waals surface area contributed by atoms with E-state index in [-0.39, 0.29) is 6.04 Å². The molecule has 0 radical (unpaired) electrons. The maximum Gasteiger partial charge on any atom is 0.0480 e. The highest BCUT2D eigenvalue weighted by molar-refractivity contribution is 7.76. The highest BCUT2D eigenvalue weighted by atomic mass is 32.2. The molecule has 0 N–H and O–H groups in total. The summed E-state index contributed by atoms with van der Waals surface area (Å²) < 4.78 is 23.3. The lowest BCUT2D eigenvalue weighted by Gasteiger charge is -2.25. The number of hydrogen-bond donors (Lipinski definition) is 0. The molecule has 0 aromatic carbocycles. The van der Waals surface area contributed by atoms with Crippen LogP contribution in [0.2, 0.25) is 0 Å². The lowest BCUT2D eigenvalue weighted by atomic mass is 10.1. The number of rotatable bonds is 2. The summed E-state index contributed by atoms with van der Waals surface area (Å²) in [5, 5.41) is 0. The van der Waals surface area contributed by atoms with Gasteiger partial charge in [-0.15, -0.1) is 0 Å². The van der Waals surface area contributed by atoms with Crippen LogP contribution in [-0.4, -0.2) is 24.6 Å². The first-order valence-electron chi connectivity index (χ1n) is 5.55. The lowest BCUT2D eigenvalue weighted by molar-refractivity contribution is 0.374. The van der Waals surface area contributed by atoms with Crippen LogP contribution in [0.4, 0.5) is 0 Å². The van der Waals surface area contributed by atoms with E-state index in [1.165, 1.54) is 4.31 Å². The maximum atomic E-state index is 10.9. The van der Waals surface area contributed by atoms with Gasteiger partial charge in [0.1, 0.15) is 0 Å². The quantitative estimate of drug-likeness (QED) is 0.744. The molecule has 2 atom stereocenters. The Morgan fingerprint density at radius 3 is 2.88 bits per heavy atom. The van der Waals surface area contributed by atoms with Crippen molar-refractivity contribution in [3.63, 3.8) is 0 Å². The molecular formula is C11H17N2O2S-. The highest BCUT2D eigenvalue weighted by Gasteiger charge is 2.26. The molecule has 2 heterocycles. The number of hydrogen-bond acceptors (Lipinski definition) is 3. The van der Waals surface area contributed by atoms with Crippen molar-refractivity contribution in [2.24, 2.45) is 0 Å². The molecular weight excluding hydrogens is 224 g/mol. The van der Waals surface area contributed by atoms with Gasteiger partial charge >= 0.3 is 0 Å². The van der Waals surface area contributed by atoms with E-state index in [4.69, 9.17) is 0 Å². The molecule has 1 unspecified atom stereocenters. The Hall–Kier alpha value is -0.780. The second-order valence-electron chi connectivity index (χ2n) is 3.30. The fourth-order valence-electron chi connectivity index (χ4n) is 1.82. The first kappa shape index (κ1) is 13.3. The minimum Gasteiger partial charge on any atom is -0.760 e. The minimum atomic E-state index is -2.12. The molecule has 0 saturated carbocycles. The van der Waals surface area contributed by atoms with Gasteiger partial charge in [-0.2, -0.15) is 0 Å². The summed E-state index contributed by atoms with van der Waals surface area (Å²) in [5.41, 5.74) is 0.981. The van der Waals surface area contributed by atoms with Gasteiger partial charge in [-0.3, -0.25) is 9.19 Å². The van der Waals surface area contributed by atoms with Crippen molar-refractivity contribution >= 4 is 11.3 Å². The molecule has 16 heavy (non-hydrogen) atoms. The molecule has 90 valence electrons. The van der Waals surface area contributed by atoms with Crippen LogP contribution in [0.5, 0.6) is 0 Å². The first-order valence-corrected chi connectivity index (χ1v) is 6.58. The molecule has 1 aliphatic rings. The molecule has 1 fully saturated rings. The predicted molar refractivity (Wildman–Crippen MR) is 63.2 cm³/mol. The Morgan fingerprint density at radius 1 is 1.56 bits per heavy atom. The van der Waals surface area contributed by atoms with Crippen LogP contribution in [0.15, 0.2) is 24.5 Å². The van der Waals surface area contributed by atoms with Gasteiger partial charge in [-0.1, -0.05) is 19.9 Å². The van der Waals surface area contributed by atoms with E-state index in [1.54, 1.807) is 12.4 Å². The average molecular weight is 241 g/mol. The summed E-state index contributed by atoms with van der Waals surface area (Å²) in [4.78, 5) is 4.00. The largest absolute Gasteiger partial charge is 0.760 e. The van der Waals surface area contributed by atoms with Gasteiger partial charge in [-0.05, 0) is 24.5 Å². The first-order chi connectivity index (χ1) is 7.79. The van der Waals surface area contributed by atoms with Gasteiger partial charge < -0.3 is 4.55 Å². The fourth-order valence-corrected chi connectivity index (χ4v) is 2.54. The molecule has 0 aliphatic carbocycles. The van der Waals surface area contributed by atoms with E-state index in [0.717, 1.165) is 18.4 Å². The summed E-state index contributed by atoms with van der Waals surface area (Å²) in [5.74, 6) is 0. The molecule has 1 saturated heterocycles. The summed E-state index contributed by atoms with van der Waals surface area (Å²) in [7, 11) is 0. The van der Waals surface area contributed by atoms with Crippen LogP contribution in [0.25, 0.3) is 0 Å². The van der Waals surface area contributed by atoms with Gasteiger partial charge in [0.15, 0.2) is 0 Å². The SMILES string of the molecule is CC.O=S([O-])N1CCC[C@@H]1c1cccnc1. The third-order valence-electron chi connectivity index (χ3n) is 2.46. The molecule has 4 nitrogen and oxygen atoms in total. The van der Waals surface area contributed by atoms with Crippen LogP contribution in [0.1, 0.15) is 38.3 Å². The molecule has 1 aliphatic heterocycles. The number of aromatic nitrogens is 1. The van der Waals surface area contributed by atoms with Crippen molar-refractivity contribution < 1.29 is 8.76 Å². The van der Waals surface area contributed by atoms with Crippen molar-refractivity contribution in [2.75, 3.05) is 6.54 Å². The molecule has 1 aromatic rings. The van der Waals surface area contributed by atoms with Crippen molar-refractivity contribution in [2.45, 2.75) is 32.7 Å². The van der Waals surface area contributed by atoms with Gasteiger partial charge in [0.25, 0.3) is 0 Å². The van der Waals surface area contributed by atoms with Crippen molar-refractivity contribution in [3.8, 4) is 0 Å². The van der Waals surface area contributed by atoms with Crippen molar-refractivity contribution in [1.29, 1.82) is 0 Å². The summed E-state index contributed by atoms with van der Waals surface area (Å²) >= 11 is -2.12. The Balaban J connectivity index is 0.000000606. The fraction of sp³-hybridized carbons (Fsp3) is 0.545. The number of pyridine rings is 1. The third kappa shape index (κ3) is 3.10. The van der Waals surface area contributed by atoms with Crippen molar-refractivity contribution in [3.05, 3.63) is 30.1 Å². The standard InChI is InChI=1S/C9H12N2O2S.C2H6/c12-14(13)11-6-2-4-9(11)8-3-1-5-10-7-8;1-2/h1,3,5,7,9H,2,4,6H2,(H,12,13);1-2H3/p-1/t9-;/m1./s1. The van der Waals surface area contributed by atoms with E-state index >= 15 is 0 Å². The Morgan fingerprint density at radius 2 is 2.31 bits per heavy atom. The van der Waals surface area contributed by atoms with Gasteiger partial charge in [0, 0.05) is 36.2 Å². The minimum absolute atomic E-state index is 0.0120. The topological polar surface area (TPSA) is 56.3 Å². The van der Waals surface area contributed by atoms with Gasteiger partial charge in [0.2, 0.25) is 0 Å². The summed E-state index contributed by atoms with van der Waals surface area (Å²) in [6.45, 7) is 4.62. The Bertz CT molecular complexity index is 332. The van der Waals surface area contributed by atoms with Crippen LogP contribution in [-0.2, 0) is 11.3 Å². The summed E-state index contributed by atoms with van der Waals surface area (Å²) in [6.07, 6.45) is 5.24. The van der Waals surface area contributed by atoms with Crippen LogP contribution >= 0.6 is 0 Å². The Kier molecular flexibility index (Phi) is 5.59. The molecule has 0 spiro atoms. The van der Waals surface area contributed by atoms with E-state index in [2.05, 4.69) is 4.98 Å². The normalized spacial score (nSPS) is 22.3. The second kappa shape index (κ2) is 6.73. The molecule has 2 rings (SSSR count). The third-order valence-corrected chi connectivity index (χ3v) is 3.28. The predicted octanol–water partition coefficient (Wildman–Crippen LogP) is 2.04. The molecule has 0 amide bonds. The van der Waals surface area contributed by atoms with Gasteiger partial charge in [-0.25, -0.2) is 4.31 Å². The zero-order valence-corrected chi connectivity index (χ0v) is 10.4. The van der Waals surface area contributed by atoms with Gasteiger partial charge in [0.05, 0.1) is 0 Å². The Labute approximate surface area is 99.1 Å². The molecule has 1 aromatic heterocycles. The van der Waals surface area contributed by atoms with E-state index in [9.17, 15) is 8.76 Å². The summed E-state index contributed by atoms with van der Waals surface area (Å²) in [6, 6.07) is 3.74. The number of nitrogens with zero attached hydrogens (tertiary/aromatic N) is 2. The van der Waals surface area contributed by atoms with E-state index in [1.807, 2.05) is 26.0 Å². The monoisotopic (exact) mass is 241 g/mol.